The van der Waals surface area contributed by atoms with Crippen molar-refractivity contribution in [3.05, 3.63) is 76.5 Å². The lowest BCUT2D eigenvalue weighted by Crippen LogP contribution is -2.31. The zero-order valence-corrected chi connectivity index (χ0v) is 16.9. The molecule has 2 N–H and O–H groups in total. The molecule has 0 fully saturated rings. The van der Waals surface area contributed by atoms with Gasteiger partial charge in [0.15, 0.2) is 0 Å². The van der Waals surface area contributed by atoms with Gasteiger partial charge in [-0.15, -0.1) is 5.10 Å². The summed E-state index contributed by atoms with van der Waals surface area (Å²) in [4.78, 5) is 17.7. The Balaban J connectivity index is 1.76. The maximum atomic E-state index is 13.2. The van der Waals surface area contributed by atoms with E-state index < -0.39 is 0 Å². The van der Waals surface area contributed by atoms with Crippen molar-refractivity contribution in [2.45, 2.75) is 18.1 Å². The second-order valence-corrected chi connectivity index (χ2v) is 7.51. The number of thioether (sulfide) groups is 1. The third-order valence-electron chi connectivity index (χ3n) is 4.48. The first kappa shape index (κ1) is 18.6. The van der Waals surface area contributed by atoms with Gasteiger partial charge in [0.25, 0.3) is 5.91 Å². The van der Waals surface area contributed by atoms with Gasteiger partial charge in [-0.1, -0.05) is 53.7 Å². The van der Waals surface area contributed by atoms with Crippen molar-refractivity contribution < 1.29 is 4.79 Å². The van der Waals surface area contributed by atoms with E-state index >= 15 is 0 Å². The highest BCUT2D eigenvalue weighted by Crippen LogP contribution is 2.36. The van der Waals surface area contributed by atoms with Crippen molar-refractivity contribution in [3.63, 3.8) is 0 Å². The number of aromatic nitrogens is 3. The molecular weight excluding hydrogens is 394 g/mol. The fourth-order valence-corrected chi connectivity index (χ4v) is 3.66. The van der Waals surface area contributed by atoms with Gasteiger partial charge >= 0.3 is 0 Å². The van der Waals surface area contributed by atoms with Crippen LogP contribution in [0.2, 0.25) is 5.02 Å². The van der Waals surface area contributed by atoms with Crippen LogP contribution >= 0.6 is 23.4 Å². The Morgan fingerprint density at radius 1 is 1.18 bits per heavy atom. The van der Waals surface area contributed by atoms with Crippen LogP contribution in [-0.4, -0.2) is 26.9 Å². The summed E-state index contributed by atoms with van der Waals surface area (Å²) < 4.78 is 1.77. The van der Waals surface area contributed by atoms with Gasteiger partial charge in [-0.05, 0) is 43.0 Å². The van der Waals surface area contributed by atoms with Crippen molar-refractivity contribution in [2.24, 2.45) is 0 Å². The minimum Gasteiger partial charge on any atom is -0.328 e. The van der Waals surface area contributed by atoms with E-state index in [-0.39, 0.29) is 11.9 Å². The summed E-state index contributed by atoms with van der Waals surface area (Å²) >= 11 is 7.40. The topological polar surface area (TPSA) is 71.8 Å². The summed E-state index contributed by atoms with van der Waals surface area (Å²) in [6.45, 7) is 1.88. The second kappa shape index (κ2) is 7.69. The molecule has 1 unspecified atom stereocenters. The fourth-order valence-electron chi connectivity index (χ4n) is 3.19. The van der Waals surface area contributed by atoms with Crippen LogP contribution in [0.4, 0.5) is 11.6 Å². The van der Waals surface area contributed by atoms with Crippen LogP contribution in [-0.2, 0) is 4.79 Å². The minimum absolute atomic E-state index is 0.201. The van der Waals surface area contributed by atoms with E-state index in [1.54, 1.807) is 28.9 Å². The van der Waals surface area contributed by atoms with E-state index in [2.05, 4.69) is 20.7 Å². The minimum atomic E-state index is -0.377. The molecule has 2 aromatic carbocycles. The summed E-state index contributed by atoms with van der Waals surface area (Å²) in [5.41, 5.74) is 2.97. The average molecular weight is 412 g/mol. The third kappa shape index (κ3) is 3.50. The van der Waals surface area contributed by atoms with Crippen LogP contribution in [0.5, 0.6) is 0 Å². The zero-order chi connectivity index (χ0) is 19.7. The summed E-state index contributed by atoms with van der Waals surface area (Å²) in [5.74, 6) is 0.423. The molecule has 1 aromatic heterocycles. The Morgan fingerprint density at radius 3 is 2.57 bits per heavy atom. The van der Waals surface area contributed by atoms with E-state index in [1.807, 2.05) is 43.5 Å². The van der Waals surface area contributed by atoms with E-state index in [1.165, 1.54) is 11.8 Å². The Bertz CT molecular complexity index is 1050. The van der Waals surface area contributed by atoms with Crippen LogP contribution < -0.4 is 10.6 Å². The van der Waals surface area contributed by atoms with Crippen molar-refractivity contribution in [1.29, 1.82) is 0 Å². The van der Waals surface area contributed by atoms with Crippen LogP contribution in [0.3, 0.4) is 0 Å². The molecule has 3 aromatic rings. The Hall–Kier alpha value is -2.77. The van der Waals surface area contributed by atoms with Crippen LogP contribution in [0.1, 0.15) is 18.5 Å². The molecule has 8 heteroatoms. The second-order valence-electron chi connectivity index (χ2n) is 6.30. The third-order valence-corrected chi connectivity index (χ3v) is 5.27. The number of carbonyl (C=O) groups is 1. The van der Waals surface area contributed by atoms with E-state index in [9.17, 15) is 4.79 Å². The Labute approximate surface area is 172 Å². The number of halogens is 1. The highest BCUT2D eigenvalue weighted by atomic mass is 35.5. The first-order valence-electron chi connectivity index (χ1n) is 8.67. The highest BCUT2D eigenvalue weighted by Gasteiger charge is 2.34. The summed E-state index contributed by atoms with van der Waals surface area (Å²) in [5, 5.41) is 12.0. The number of allylic oxidation sites excluding steroid dienone is 1. The van der Waals surface area contributed by atoms with Gasteiger partial charge in [0.05, 0.1) is 5.57 Å². The number of fused-ring (bicyclic) bond motifs is 1. The van der Waals surface area contributed by atoms with Gasteiger partial charge in [-0.3, -0.25) is 4.79 Å². The van der Waals surface area contributed by atoms with Gasteiger partial charge in [0, 0.05) is 16.4 Å². The van der Waals surface area contributed by atoms with Gasteiger partial charge in [-0.25, -0.2) is 4.68 Å². The molecule has 2 heterocycles. The average Bonchev–Trinajstić information content (AvgIpc) is 3.12. The maximum absolute atomic E-state index is 13.2. The molecule has 0 radical (unpaired) electrons. The van der Waals surface area contributed by atoms with E-state index in [0.29, 0.717) is 27.4 Å². The predicted octanol–water partition coefficient (Wildman–Crippen LogP) is 4.58. The summed E-state index contributed by atoms with van der Waals surface area (Å²) in [7, 11) is 0. The van der Waals surface area contributed by atoms with Crippen LogP contribution in [0.15, 0.2) is 71.0 Å². The lowest BCUT2D eigenvalue weighted by atomic mass is 9.95. The molecule has 0 aliphatic carbocycles. The molecule has 1 aliphatic rings. The molecule has 0 saturated heterocycles. The van der Waals surface area contributed by atoms with Crippen molar-refractivity contribution >= 4 is 40.9 Å². The van der Waals surface area contributed by atoms with Crippen molar-refractivity contribution in [1.82, 2.24) is 14.8 Å². The predicted molar refractivity (Wildman–Crippen MR) is 113 cm³/mol. The number of nitrogens with one attached hydrogen (secondary N) is 2. The summed E-state index contributed by atoms with van der Waals surface area (Å²) in [6, 6.07) is 16.5. The number of hydrogen-bond donors (Lipinski definition) is 2. The van der Waals surface area contributed by atoms with Gasteiger partial charge in [-0.2, -0.15) is 4.98 Å². The van der Waals surface area contributed by atoms with Gasteiger partial charge in [0.2, 0.25) is 11.1 Å². The molecule has 4 rings (SSSR count). The van der Waals surface area contributed by atoms with E-state index in [4.69, 9.17) is 11.6 Å². The number of anilines is 2. The molecule has 6 nitrogen and oxygen atoms in total. The molecule has 1 atom stereocenters. The van der Waals surface area contributed by atoms with Crippen LogP contribution in [0.25, 0.3) is 0 Å². The molecule has 1 aliphatic heterocycles. The van der Waals surface area contributed by atoms with Crippen molar-refractivity contribution in [2.75, 3.05) is 16.9 Å². The molecule has 0 saturated carbocycles. The molecule has 0 bridgehead atoms. The standard InChI is InChI=1S/C20H18ClN5OS/c1-12-16(18(27)23-15-10-8-14(21)9-11-15)17(13-6-4-3-5-7-13)26-19(22-12)24-20(25-26)28-2/h3-11,17H,1-2H3,(H,23,27)(H,22,24,25). The fraction of sp³-hybridized carbons (Fsp3) is 0.150. The molecule has 1 amide bonds. The normalized spacial score (nSPS) is 15.8. The Kier molecular flexibility index (Phi) is 5.11. The molecule has 0 spiro atoms. The lowest BCUT2D eigenvalue weighted by molar-refractivity contribution is -0.113. The molecule has 28 heavy (non-hydrogen) atoms. The molecule has 142 valence electrons. The number of rotatable bonds is 4. The first-order valence-corrected chi connectivity index (χ1v) is 10.3. The quantitative estimate of drug-likeness (QED) is 0.615. The number of hydrogen-bond acceptors (Lipinski definition) is 5. The number of amides is 1. The maximum Gasteiger partial charge on any atom is 0.255 e. The van der Waals surface area contributed by atoms with E-state index in [0.717, 1.165) is 11.3 Å². The van der Waals surface area contributed by atoms with Crippen molar-refractivity contribution in [3.8, 4) is 0 Å². The molecular formula is C20H18ClN5OS. The van der Waals surface area contributed by atoms with Gasteiger partial charge in [0.1, 0.15) is 6.04 Å². The number of nitrogens with zero attached hydrogens (tertiary/aromatic N) is 3. The van der Waals surface area contributed by atoms with Crippen LogP contribution in [0, 0.1) is 0 Å². The largest absolute Gasteiger partial charge is 0.328 e. The van der Waals surface area contributed by atoms with Gasteiger partial charge < -0.3 is 10.6 Å². The first-order chi connectivity index (χ1) is 13.6. The monoisotopic (exact) mass is 411 g/mol. The lowest BCUT2D eigenvalue weighted by Gasteiger charge is -2.28. The SMILES string of the molecule is CSc1nc2n(n1)C(c1ccccc1)C(C(=O)Nc1ccc(Cl)cc1)=C(C)N2. The smallest absolute Gasteiger partial charge is 0.255 e. The number of carbonyl (C=O) groups excluding carboxylic acids is 1. The zero-order valence-electron chi connectivity index (χ0n) is 15.3. The highest BCUT2D eigenvalue weighted by molar-refractivity contribution is 7.98. The number of benzene rings is 2. The Morgan fingerprint density at radius 2 is 1.89 bits per heavy atom. The summed E-state index contributed by atoms with van der Waals surface area (Å²) in [6.07, 6.45) is 1.92.